The molecular weight excluding hydrogens is 544 g/mol. The maximum absolute atomic E-state index is 13.8. The zero-order chi connectivity index (χ0) is 29.7. The number of methoxy groups -OCH3 is 4. The minimum atomic E-state index is -0.378. The second-order valence-corrected chi connectivity index (χ2v) is 11.7. The van der Waals surface area contributed by atoms with E-state index in [-0.39, 0.29) is 34.8 Å². The molecule has 2 aromatic carbocycles. The van der Waals surface area contributed by atoms with E-state index in [1.54, 1.807) is 38.0 Å². The number of thioether (sulfide) groups is 1. The van der Waals surface area contributed by atoms with Gasteiger partial charge in [-0.2, -0.15) is 5.10 Å². The Bertz CT molecular complexity index is 1380. The molecule has 0 bridgehead atoms. The Morgan fingerprint density at radius 3 is 2.34 bits per heavy atom. The van der Waals surface area contributed by atoms with Gasteiger partial charge in [0.05, 0.1) is 50.3 Å². The molecule has 0 aliphatic carbocycles. The van der Waals surface area contributed by atoms with Crippen LogP contribution in [0.1, 0.15) is 42.8 Å². The maximum atomic E-state index is 13.8. The van der Waals surface area contributed by atoms with Crippen LogP contribution >= 0.6 is 11.8 Å². The van der Waals surface area contributed by atoms with E-state index in [0.29, 0.717) is 36.2 Å². The summed E-state index contributed by atoms with van der Waals surface area (Å²) in [6, 6.07) is 13.3. The fourth-order valence-electron chi connectivity index (χ4n) is 4.75. The number of ether oxygens (including phenoxy) is 4. The van der Waals surface area contributed by atoms with E-state index in [9.17, 15) is 9.59 Å². The van der Waals surface area contributed by atoms with Crippen LogP contribution in [0.5, 0.6) is 17.2 Å². The highest BCUT2D eigenvalue weighted by molar-refractivity contribution is 8.00. The highest BCUT2D eigenvalue weighted by Gasteiger charge is 2.40. The lowest BCUT2D eigenvalue weighted by molar-refractivity contribution is -0.123. The Morgan fingerprint density at radius 2 is 1.73 bits per heavy atom. The number of nitrogens with zero attached hydrogens (tertiary/aromatic N) is 3. The minimum absolute atomic E-state index is 0.153. The monoisotopic (exact) mass is 582 g/mol. The lowest BCUT2D eigenvalue weighted by Crippen LogP contribution is -2.43. The van der Waals surface area contributed by atoms with Gasteiger partial charge in [-0.3, -0.25) is 14.5 Å². The first-order valence-electron chi connectivity index (χ1n) is 13.3. The number of carbonyl (C=O) groups is 2. The summed E-state index contributed by atoms with van der Waals surface area (Å²) < 4.78 is 23.3. The number of anilines is 1. The Morgan fingerprint density at radius 1 is 1.02 bits per heavy atom. The second-order valence-electron chi connectivity index (χ2n) is 10.6. The molecule has 0 saturated heterocycles. The van der Waals surface area contributed by atoms with Crippen molar-refractivity contribution in [2.75, 3.05) is 58.8 Å². The van der Waals surface area contributed by atoms with Gasteiger partial charge in [0, 0.05) is 24.6 Å². The molecule has 11 heteroatoms. The molecule has 1 aliphatic rings. The lowest BCUT2D eigenvalue weighted by atomic mass is 9.87. The standard InChI is InChI=1S/C30H38N4O6S/c1-30(2,3)28-26-27(19-8-13-22(39-6)23(16-19)40-7)41-18-25(36)33(17-24(35)31-14-15-37-4)29(26)34(32-28)20-9-11-21(38-5)12-10-20/h8-13,16,27H,14-15,17-18H2,1-7H3,(H,31,35)/t27-/m1/s1. The van der Waals surface area contributed by atoms with Crippen molar-refractivity contribution in [1.29, 1.82) is 0 Å². The van der Waals surface area contributed by atoms with Gasteiger partial charge < -0.3 is 24.3 Å². The molecule has 0 radical (unpaired) electrons. The van der Waals surface area contributed by atoms with E-state index in [1.807, 2.05) is 42.5 Å². The van der Waals surface area contributed by atoms with E-state index in [4.69, 9.17) is 24.0 Å². The Kier molecular flexibility index (Phi) is 9.49. The Labute approximate surface area is 245 Å². The number of hydrogen-bond acceptors (Lipinski definition) is 8. The van der Waals surface area contributed by atoms with Crippen LogP contribution in [0.2, 0.25) is 0 Å². The van der Waals surface area contributed by atoms with E-state index in [2.05, 4.69) is 26.1 Å². The zero-order valence-corrected chi connectivity index (χ0v) is 25.5. The van der Waals surface area contributed by atoms with Crippen molar-refractivity contribution in [3.8, 4) is 22.9 Å². The molecule has 3 aromatic rings. The average molecular weight is 583 g/mol. The van der Waals surface area contributed by atoms with Crippen LogP contribution in [0.25, 0.3) is 5.69 Å². The highest BCUT2D eigenvalue weighted by atomic mass is 32.2. The molecule has 10 nitrogen and oxygen atoms in total. The number of amides is 2. The highest BCUT2D eigenvalue weighted by Crippen LogP contribution is 2.49. The molecule has 1 aromatic heterocycles. The van der Waals surface area contributed by atoms with E-state index < -0.39 is 0 Å². The fourth-order valence-corrected chi connectivity index (χ4v) is 5.94. The molecule has 2 amide bonds. The molecule has 0 fully saturated rings. The van der Waals surface area contributed by atoms with Crippen molar-refractivity contribution in [1.82, 2.24) is 15.1 Å². The molecule has 220 valence electrons. The van der Waals surface area contributed by atoms with Crippen molar-refractivity contribution >= 4 is 29.4 Å². The lowest BCUT2D eigenvalue weighted by Gasteiger charge is -2.25. The number of aromatic nitrogens is 2. The number of fused-ring (bicyclic) bond motifs is 1. The summed E-state index contributed by atoms with van der Waals surface area (Å²) in [7, 11) is 6.38. The van der Waals surface area contributed by atoms with E-state index >= 15 is 0 Å². The first-order chi connectivity index (χ1) is 19.6. The number of hydrogen-bond donors (Lipinski definition) is 1. The maximum Gasteiger partial charge on any atom is 0.240 e. The van der Waals surface area contributed by atoms with Crippen molar-refractivity contribution in [3.63, 3.8) is 0 Å². The van der Waals surface area contributed by atoms with Gasteiger partial charge in [0.1, 0.15) is 18.1 Å². The van der Waals surface area contributed by atoms with Crippen LogP contribution in [-0.2, 0) is 19.7 Å². The Hall–Kier alpha value is -3.70. The molecule has 1 N–H and O–H groups in total. The molecule has 0 saturated carbocycles. The third-order valence-electron chi connectivity index (χ3n) is 6.76. The molecular formula is C30H38N4O6S. The van der Waals surface area contributed by atoms with E-state index in [1.165, 1.54) is 11.8 Å². The molecule has 1 aliphatic heterocycles. The molecule has 0 unspecified atom stereocenters. The van der Waals surface area contributed by atoms with Gasteiger partial charge in [-0.15, -0.1) is 11.8 Å². The van der Waals surface area contributed by atoms with Crippen molar-refractivity contribution < 1.29 is 28.5 Å². The van der Waals surface area contributed by atoms with Crippen molar-refractivity contribution in [3.05, 3.63) is 59.3 Å². The topological polar surface area (TPSA) is 104 Å². The molecule has 41 heavy (non-hydrogen) atoms. The predicted molar refractivity (Wildman–Crippen MR) is 160 cm³/mol. The van der Waals surface area contributed by atoms with Crippen LogP contribution in [0.3, 0.4) is 0 Å². The summed E-state index contributed by atoms with van der Waals surface area (Å²) in [5.74, 6) is 2.18. The molecule has 2 heterocycles. The zero-order valence-electron chi connectivity index (χ0n) is 24.6. The summed E-state index contributed by atoms with van der Waals surface area (Å²) >= 11 is 1.51. The summed E-state index contributed by atoms with van der Waals surface area (Å²) in [5, 5.41) is 7.69. The van der Waals surface area contributed by atoms with Gasteiger partial charge in [-0.1, -0.05) is 26.8 Å². The second kappa shape index (κ2) is 12.9. The van der Waals surface area contributed by atoms with E-state index in [0.717, 1.165) is 22.5 Å². The summed E-state index contributed by atoms with van der Waals surface area (Å²) in [5.41, 5.74) is 3.01. The number of rotatable bonds is 10. The summed E-state index contributed by atoms with van der Waals surface area (Å²) in [4.78, 5) is 28.4. The largest absolute Gasteiger partial charge is 0.497 e. The third-order valence-corrected chi connectivity index (χ3v) is 8.01. The van der Waals surface area contributed by atoms with Gasteiger partial charge in [0.15, 0.2) is 11.5 Å². The molecule has 0 spiro atoms. The number of benzene rings is 2. The van der Waals surface area contributed by atoms with Crippen LogP contribution in [0.4, 0.5) is 5.82 Å². The molecule has 4 rings (SSSR count). The summed E-state index contributed by atoms with van der Waals surface area (Å²) in [6.45, 7) is 6.86. The predicted octanol–water partition coefficient (Wildman–Crippen LogP) is 4.13. The van der Waals surface area contributed by atoms with Gasteiger partial charge in [0.2, 0.25) is 11.8 Å². The SMILES string of the molecule is COCCNC(=O)CN1C(=O)CS[C@H](c2ccc(OC)c(OC)c2)c2c(C(C)(C)C)nn(-c3ccc(OC)cc3)c21. The third kappa shape index (κ3) is 6.46. The fraction of sp³-hybridized carbons (Fsp3) is 0.433. The first kappa shape index (κ1) is 30.3. The van der Waals surface area contributed by atoms with Crippen molar-refractivity contribution in [2.45, 2.75) is 31.4 Å². The van der Waals surface area contributed by atoms with Gasteiger partial charge in [-0.05, 0) is 42.0 Å². The van der Waals surface area contributed by atoms with Crippen LogP contribution in [0.15, 0.2) is 42.5 Å². The average Bonchev–Trinajstić information content (AvgIpc) is 3.30. The van der Waals surface area contributed by atoms with Crippen LogP contribution in [0, 0.1) is 0 Å². The Balaban J connectivity index is 1.96. The van der Waals surface area contributed by atoms with Crippen molar-refractivity contribution in [2.24, 2.45) is 0 Å². The quantitative estimate of drug-likeness (QED) is 0.356. The molecule has 1 atom stereocenters. The van der Waals surface area contributed by atoms with Gasteiger partial charge in [-0.25, -0.2) is 4.68 Å². The van der Waals surface area contributed by atoms with Gasteiger partial charge >= 0.3 is 0 Å². The first-order valence-corrected chi connectivity index (χ1v) is 14.3. The number of carbonyl (C=O) groups excluding carboxylic acids is 2. The van der Waals surface area contributed by atoms with Crippen LogP contribution < -0.4 is 24.4 Å². The number of nitrogens with one attached hydrogen (secondary N) is 1. The van der Waals surface area contributed by atoms with Crippen LogP contribution in [-0.4, -0.2) is 75.5 Å². The minimum Gasteiger partial charge on any atom is -0.497 e. The normalized spacial score (nSPS) is 15.2. The summed E-state index contributed by atoms with van der Waals surface area (Å²) in [6.07, 6.45) is 0. The van der Waals surface area contributed by atoms with Gasteiger partial charge in [0.25, 0.3) is 0 Å². The smallest absolute Gasteiger partial charge is 0.240 e.